The van der Waals surface area contributed by atoms with Gasteiger partial charge in [0.15, 0.2) is 0 Å². The number of methoxy groups -OCH3 is 2. The van der Waals surface area contributed by atoms with E-state index < -0.39 is 11.9 Å². The van der Waals surface area contributed by atoms with Crippen LogP contribution in [-0.4, -0.2) is 32.1 Å². The molecule has 7 heteroatoms. The first-order valence-electron chi connectivity index (χ1n) is 6.57. The first kappa shape index (κ1) is 15.6. The molecule has 1 aliphatic rings. The number of amides is 1. The molecule has 2 rings (SSSR count). The monoisotopic (exact) mass is 304 g/mol. The van der Waals surface area contributed by atoms with Crippen molar-refractivity contribution in [1.29, 1.82) is 0 Å². The van der Waals surface area contributed by atoms with E-state index in [0.29, 0.717) is 12.2 Å². The summed E-state index contributed by atoms with van der Waals surface area (Å²) < 4.78 is 9.15. The van der Waals surface area contributed by atoms with Crippen LogP contribution in [0.2, 0.25) is 0 Å². The smallest absolute Gasteiger partial charge is 0.354 e. The Morgan fingerprint density at radius 1 is 1.27 bits per heavy atom. The van der Waals surface area contributed by atoms with Gasteiger partial charge < -0.3 is 20.1 Å². The van der Waals surface area contributed by atoms with Crippen LogP contribution in [0.5, 0.6) is 0 Å². The van der Waals surface area contributed by atoms with Crippen molar-refractivity contribution in [2.45, 2.75) is 13.0 Å². The van der Waals surface area contributed by atoms with E-state index in [4.69, 9.17) is 0 Å². The van der Waals surface area contributed by atoms with Crippen molar-refractivity contribution < 1.29 is 23.9 Å². The molecule has 0 bridgehead atoms. The minimum Gasteiger partial charge on any atom is -0.466 e. The van der Waals surface area contributed by atoms with Gasteiger partial charge in [-0.25, -0.2) is 9.59 Å². The molecule has 0 radical (unpaired) electrons. The number of hydrogen-bond donors (Lipinski definition) is 2. The van der Waals surface area contributed by atoms with Gasteiger partial charge in [-0.15, -0.1) is 0 Å². The Morgan fingerprint density at radius 3 is 2.73 bits per heavy atom. The number of ether oxygens (including phenoxy) is 2. The molecule has 1 amide bonds. The van der Waals surface area contributed by atoms with Crippen LogP contribution in [0.1, 0.15) is 11.1 Å². The van der Waals surface area contributed by atoms with E-state index >= 15 is 0 Å². The molecule has 0 unspecified atom stereocenters. The fraction of sp³-hybridized carbons (Fsp3) is 0.267. The van der Waals surface area contributed by atoms with Gasteiger partial charge in [-0.3, -0.25) is 4.79 Å². The number of hydrogen-bond acceptors (Lipinski definition) is 6. The van der Waals surface area contributed by atoms with Crippen LogP contribution in [0.4, 0.5) is 5.69 Å². The van der Waals surface area contributed by atoms with E-state index in [2.05, 4.69) is 20.1 Å². The van der Waals surface area contributed by atoms with Crippen molar-refractivity contribution in [3.05, 3.63) is 41.1 Å². The van der Waals surface area contributed by atoms with E-state index in [9.17, 15) is 14.4 Å². The molecule has 1 heterocycles. The second kappa shape index (κ2) is 6.75. The average Bonchev–Trinajstić information content (AvgIpc) is 2.53. The maximum Gasteiger partial charge on any atom is 0.354 e. The second-order valence-corrected chi connectivity index (χ2v) is 4.59. The normalized spacial score (nSPS) is 13.7. The molecule has 116 valence electrons. The van der Waals surface area contributed by atoms with Crippen molar-refractivity contribution in [3.63, 3.8) is 0 Å². The van der Waals surface area contributed by atoms with Crippen molar-refractivity contribution in [3.8, 4) is 0 Å². The van der Waals surface area contributed by atoms with Gasteiger partial charge in [0.25, 0.3) is 0 Å². The third-order valence-corrected chi connectivity index (χ3v) is 3.22. The topological polar surface area (TPSA) is 93.7 Å². The Kier molecular flexibility index (Phi) is 4.77. The molecule has 0 atom stereocenters. The van der Waals surface area contributed by atoms with E-state index in [1.807, 2.05) is 6.07 Å². The van der Waals surface area contributed by atoms with Crippen LogP contribution in [0.3, 0.4) is 0 Å². The van der Waals surface area contributed by atoms with Gasteiger partial charge >= 0.3 is 11.9 Å². The molecule has 22 heavy (non-hydrogen) atoms. The molecule has 2 N–H and O–H groups in total. The summed E-state index contributed by atoms with van der Waals surface area (Å²) in [6.07, 6.45) is 1.21. The Morgan fingerprint density at radius 2 is 2.05 bits per heavy atom. The minimum absolute atomic E-state index is 0.0614. The zero-order chi connectivity index (χ0) is 16.1. The lowest BCUT2D eigenvalue weighted by Crippen LogP contribution is -2.31. The highest BCUT2D eigenvalue weighted by molar-refractivity contribution is 5.99. The molecule has 0 aliphatic carbocycles. The SMILES string of the molecule is COC(=O)/C=C(/Nc1cccc2c1CC(=O)NC2)C(=O)OC. The van der Waals surface area contributed by atoms with Crippen LogP contribution in [0, 0.1) is 0 Å². The van der Waals surface area contributed by atoms with Crippen LogP contribution < -0.4 is 10.6 Å². The maximum atomic E-state index is 11.8. The molecule has 0 fully saturated rings. The van der Waals surface area contributed by atoms with Gasteiger partial charge in [-0.05, 0) is 17.2 Å². The van der Waals surface area contributed by atoms with Crippen LogP contribution in [0.15, 0.2) is 30.0 Å². The summed E-state index contributed by atoms with van der Waals surface area (Å²) in [7, 11) is 2.42. The highest BCUT2D eigenvalue weighted by atomic mass is 16.5. The predicted molar refractivity (Wildman–Crippen MR) is 77.7 cm³/mol. The summed E-state index contributed by atoms with van der Waals surface area (Å²) in [6, 6.07) is 5.42. The highest BCUT2D eigenvalue weighted by Gasteiger charge is 2.20. The molecular formula is C15H16N2O5. The van der Waals surface area contributed by atoms with Gasteiger partial charge in [0, 0.05) is 12.2 Å². The summed E-state index contributed by atoms with van der Waals surface area (Å²) in [6.45, 7) is 0.429. The number of carbonyl (C=O) groups excluding carboxylic acids is 3. The van der Waals surface area contributed by atoms with Crippen molar-refractivity contribution >= 4 is 23.5 Å². The first-order valence-corrected chi connectivity index (χ1v) is 6.57. The third kappa shape index (κ3) is 3.43. The minimum atomic E-state index is -0.705. The second-order valence-electron chi connectivity index (χ2n) is 4.59. The molecule has 1 aromatic rings. The average molecular weight is 304 g/mol. The summed E-state index contributed by atoms with van der Waals surface area (Å²) in [5.74, 6) is -1.49. The Bertz CT molecular complexity index is 651. The third-order valence-electron chi connectivity index (χ3n) is 3.22. The maximum absolute atomic E-state index is 11.8. The lowest BCUT2D eigenvalue weighted by molar-refractivity contribution is -0.138. The molecule has 0 saturated carbocycles. The molecular weight excluding hydrogens is 288 g/mol. The lowest BCUT2D eigenvalue weighted by Gasteiger charge is -2.21. The van der Waals surface area contributed by atoms with E-state index in [1.54, 1.807) is 12.1 Å². The van der Waals surface area contributed by atoms with Gasteiger partial charge in [-0.2, -0.15) is 0 Å². The van der Waals surface area contributed by atoms with Crippen LogP contribution >= 0.6 is 0 Å². The van der Waals surface area contributed by atoms with Crippen molar-refractivity contribution in [1.82, 2.24) is 5.32 Å². The predicted octanol–water partition coefficient (Wildman–Crippen LogP) is 0.501. The summed E-state index contributed by atoms with van der Waals surface area (Å²) in [5.41, 5.74) is 2.25. The highest BCUT2D eigenvalue weighted by Crippen LogP contribution is 2.25. The van der Waals surface area contributed by atoms with Crippen molar-refractivity contribution in [2.75, 3.05) is 19.5 Å². The van der Waals surface area contributed by atoms with Gasteiger partial charge in [0.1, 0.15) is 5.70 Å². The molecule has 0 aromatic heterocycles. The largest absolute Gasteiger partial charge is 0.466 e. The zero-order valence-electron chi connectivity index (χ0n) is 12.3. The molecule has 0 spiro atoms. The standard InChI is InChI=1S/C15H16N2O5/c1-21-14(19)7-12(15(20)22-2)17-11-5-3-4-9-8-16-13(18)6-10(9)11/h3-5,7,17H,6,8H2,1-2H3,(H,16,18)/b12-7+. The fourth-order valence-corrected chi connectivity index (χ4v) is 2.12. The van der Waals surface area contributed by atoms with Gasteiger partial charge in [-0.1, -0.05) is 12.1 Å². The molecule has 0 saturated heterocycles. The summed E-state index contributed by atoms with van der Waals surface area (Å²) in [4.78, 5) is 34.7. The Balaban J connectivity index is 2.35. The quantitative estimate of drug-likeness (QED) is 0.621. The lowest BCUT2D eigenvalue weighted by atomic mass is 9.98. The fourth-order valence-electron chi connectivity index (χ4n) is 2.12. The van der Waals surface area contributed by atoms with Crippen molar-refractivity contribution in [2.24, 2.45) is 0 Å². The number of fused-ring (bicyclic) bond motifs is 1. The zero-order valence-corrected chi connectivity index (χ0v) is 12.3. The molecule has 1 aliphatic heterocycles. The van der Waals surface area contributed by atoms with Gasteiger partial charge in [0.2, 0.25) is 5.91 Å². The number of nitrogens with one attached hydrogen (secondary N) is 2. The summed E-state index contributed by atoms with van der Waals surface area (Å²) in [5, 5.41) is 5.60. The number of benzene rings is 1. The molecule has 7 nitrogen and oxygen atoms in total. The number of anilines is 1. The Labute approximate surface area is 127 Å². The number of rotatable bonds is 4. The summed E-state index contributed by atoms with van der Waals surface area (Å²) >= 11 is 0. The Hall–Kier alpha value is -2.83. The van der Waals surface area contributed by atoms with Gasteiger partial charge in [0.05, 0.1) is 26.7 Å². The number of carbonyl (C=O) groups is 3. The van der Waals surface area contributed by atoms with E-state index in [0.717, 1.165) is 17.2 Å². The molecule has 1 aromatic carbocycles. The van der Waals surface area contributed by atoms with E-state index in [1.165, 1.54) is 14.2 Å². The van der Waals surface area contributed by atoms with Crippen LogP contribution in [0.25, 0.3) is 0 Å². The number of esters is 2. The van der Waals surface area contributed by atoms with E-state index in [-0.39, 0.29) is 18.0 Å². The first-order chi connectivity index (χ1) is 10.5. The van der Waals surface area contributed by atoms with Crippen LogP contribution in [-0.2, 0) is 36.8 Å².